The molecule has 2 atom stereocenters. The molecule has 0 radical (unpaired) electrons. The van der Waals surface area contributed by atoms with E-state index in [-0.39, 0.29) is 23.5 Å². The Morgan fingerprint density at radius 1 is 1.28 bits per heavy atom. The molecule has 0 saturated carbocycles. The van der Waals surface area contributed by atoms with Gasteiger partial charge in [0.15, 0.2) is 0 Å². The molecule has 0 aromatic heterocycles. The number of carbonyl (C=O) groups is 2. The minimum absolute atomic E-state index is 0.0391. The van der Waals surface area contributed by atoms with Crippen LogP contribution in [0.1, 0.15) is 86.0 Å². The minimum Gasteiger partial charge on any atom is -0.491 e. The van der Waals surface area contributed by atoms with Crippen LogP contribution in [-0.4, -0.2) is 37.7 Å². The van der Waals surface area contributed by atoms with Gasteiger partial charge in [-0.3, -0.25) is 9.59 Å². The Labute approximate surface area is 193 Å². The molecule has 32 heavy (non-hydrogen) atoms. The van der Waals surface area contributed by atoms with Crippen LogP contribution in [0.3, 0.4) is 0 Å². The molecule has 1 fully saturated rings. The number of amides is 2. The van der Waals surface area contributed by atoms with Crippen LogP contribution < -0.4 is 10.6 Å². The third-order valence-electron chi connectivity index (χ3n) is 6.16. The molecule has 2 amide bonds. The summed E-state index contributed by atoms with van der Waals surface area (Å²) in [5, 5.41) is 5.89. The largest absolute Gasteiger partial charge is 0.491 e. The van der Waals surface area contributed by atoms with Crippen LogP contribution in [0.4, 0.5) is 0 Å². The molecule has 2 N–H and O–H groups in total. The van der Waals surface area contributed by atoms with Crippen LogP contribution in [0.5, 0.6) is 0 Å². The SMILES string of the molecule is CC.CCCCCOC1=C(C)CC(C)C2=C1NC(=O)C(C(=O)NCC1CCCCO1)=CC2. The van der Waals surface area contributed by atoms with Crippen LogP contribution in [0.25, 0.3) is 0 Å². The predicted molar refractivity (Wildman–Crippen MR) is 128 cm³/mol. The molecule has 2 aliphatic heterocycles. The van der Waals surface area contributed by atoms with E-state index < -0.39 is 0 Å². The lowest BCUT2D eigenvalue weighted by Gasteiger charge is -2.28. The first-order valence-corrected chi connectivity index (χ1v) is 12.5. The molecule has 2 heterocycles. The average Bonchev–Trinajstić information content (AvgIpc) is 2.98. The fraction of sp³-hybridized carbons (Fsp3) is 0.692. The van der Waals surface area contributed by atoms with Crippen molar-refractivity contribution < 1.29 is 19.1 Å². The van der Waals surface area contributed by atoms with E-state index in [0.717, 1.165) is 74.2 Å². The molecule has 180 valence electrons. The Hall–Kier alpha value is -2.08. The summed E-state index contributed by atoms with van der Waals surface area (Å²) >= 11 is 0. The lowest BCUT2D eigenvalue weighted by Crippen LogP contribution is -2.39. The van der Waals surface area contributed by atoms with Gasteiger partial charge in [0.25, 0.3) is 11.8 Å². The summed E-state index contributed by atoms with van der Waals surface area (Å²) in [6.07, 6.45) is 9.68. The van der Waals surface area contributed by atoms with E-state index in [0.29, 0.717) is 25.5 Å². The Kier molecular flexibility index (Phi) is 11.0. The molecule has 0 spiro atoms. The number of carbonyl (C=O) groups excluding carboxylic acids is 2. The van der Waals surface area contributed by atoms with Gasteiger partial charge in [-0.15, -0.1) is 0 Å². The van der Waals surface area contributed by atoms with Crippen LogP contribution >= 0.6 is 0 Å². The summed E-state index contributed by atoms with van der Waals surface area (Å²) in [4.78, 5) is 25.6. The van der Waals surface area contributed by atoms with Crippen molar-refractivity contribution in [1.29, 1.82) is 0 Å². The van der Waals surface area contributed by atoms with E-state index in [9.17, 15) is 9.59 Å². The standard InChI is InChI=1S/C24H36N2O4.C2H6/c1-4-5-7-13-30-22-17(3)14-16(2)19-10-11-20(24(28)26-21(19)22)23(27)25-15-18-9-6-8-12-29-18;1-2/h11,16,18H,4-10,12-15H2,1-3H3,(H,25,27)(H,26,28);1-2H3. The summed E-state index contributed by atoms with van der Waals surface area (Å²) < 4.78 is 11.8. The quantitative estimate of drug-likeness (QED) is 0.410. The monoisotopic (exact) mass is 446 g/mol. The highest BCUT2D eigenvalue weighted by atomic mass is 16.5. The molecule has 2 unspecified atom stereocenters. The summed E-state index contributed by atoms with van der Waals surface area (Å²) in [5.41, 5.74) is 3.23. The van der Waals surface area contributed by atoms with Crippen LogP contribution in [0, 0.1) is 5.92 Å². The summed E-state index contributed by atoms with van der Waals surface area (Å²) in [6, 6.07) is 0. The Morgan fingerprint density at radius 2 is 2.06 bits per heavy atom. The first-order valence-electron chi connectivity index (χ1n) is 12.5. The number of hydrogen-bond donors (Lipinski definition) is 2. The van der Waals surface area contributed by atoms with Gasteiger partial charge in [-0.25, -0.2) is 0 Å². The average molecular weight is 447 g/mol. The molecule has 6 nitrogen and oxygen atoms in total. The highest BCUT2D eigenvalue weighted by molar-refractivity contribution is 6.19. The van der Waals surface area contributed by atoms with Gasteiger partial charge in [0.1, 0.15) is 11.3 Å². The van der Waals surface area contributed by atoms with Crippen LogP contribution in [-0.2, 0) is 19.1 Å². The third-order valence-corrected chi connectivity index (χ3v) is 6.16. The maximum absolute atomic E-state index is 12.9. The zero-order valence-electron chi connectivity index (χ0n) is 20.6. The lowest BCUT2D eigenvalue weighted by molar-refractivity contribution is -0.123. The number of rotatable bonds is 8. The van der Waals surface area contributed by atoms with Crippen LogP contribution in [0.2, 0.25) is 0 Å². The second kappa shape index (κ2) is 13.5. The van der Waals surface area contributed by atoms with Gasteiger partial charge < -0.3 is 20.1 Å². The van der Waals surface area contributed by atoms with Gasteiger partial charge in [0.2, 0.25) is 0 Å². The van der Waals surface area contributed by atoms with Crippen molar-refractivity contribution in [3.8, 4) is 0 Å². The van der Waals surface area contributed by atoms with E-state index in [1.807, 2.05) is 13.8 Å². The first kappa shape index (κ1) is 26.2. The Bertz CT molecular complexity index is 745. The van der Waals surface area contributed by atoms with Crippen molar-refractivity contribution >= 4 is 11.8 Å². The first-order chi connectivity index (χ1) is 15.5. The number of allylic oxidation sites excluding steroid dienone is 3. The van der Waals surface area contributed by atoms with Crippen molar-refractivity contribution in [2.75, 3.05) is 19.8 Å². The fourth-order valence-corrected chi connectivity index (χ4v) is 4.39. The van der Waals surface area contributed by atoms with Gasteiger partial charge in [-0.1, -0.05) is 46.6 Å². The van der Waals surface area contributed by atoms with Crippen LogP contribution in [0.15, 0.2) is 34.3 Å². The zero-order chi connectivity index (χ0) is 23.5. The fourth-order valence-electron chi connectivity index (χ4n) is 4.39. The van der Waals surface area contributed by atoms with Crippen molar-refractivity contribution in [3.05, 3.63) is 34.3 Å². The van der Waals surface area contributed by atoms with E-state index in [4.69, 9.17) is 9.47 Å². The van der Waals surface area contributed by atoms with Crippen molar-refractivity contribution in [3.63, 3.8) is 0 Å². The molecular weight excluding hydrogens is 404 g/mol. The predicted octanol–water partition coefficient (Wildman–Crippen LogP) is 4.92. The molecule has 3 rings (SSSR count). The van der Waals surface area contributed by atoms with Gasteiger partial charge >= 0.3 is 0 Å². The lowest BCUT2D eigenvalue weighted by atomic mass is 9.84. The molecular formula is C26H42N2O4. The van der Waals surface area contributed by atoms with Gasteiger partial charge in [0, 0.05) is 13.2 Å². The zero-order valence-corrected chi connectivity index (χ0v) is 20.6. The Balaban J connectivity index is 0.00000176. The van der Waals surface area contributed by atoms with E-state index in [1.54, 1.807) is 6.08 Å². The molecule has 1 aliphatic carbocycles. The van der Waals surface area contributed by atoms with Crippen molar-refractivity contribution in [2.45, 2.75) is 92.1 Å². The second-order valence-corrected chi connectivity index (χ2v) is 8.65. The summed E-state index contributed by atoms with van der Waals surface area (Å²) in [5.74, 6) is 0.398. The second-order valence-electron chi connectivity index (χ2n) is 8.65. The normalized spacial score (nSPS) is 23.3. The smallest absolute Gasteiger partial charge is 0.261 e. The highest BCUT2D eigenvalue weighted by Gasteiger charge is 2.31. The highest BCUT2D eigenvalue weighted by Crippen LogP contribution is 2.37. The molecule has 0 aromatic carbocycles. The summed E-state index contributed by atoms with van der Waals surface area (Å²) in [7, 11) is 0. The van der Waals surface area contributed by atoms with E-state index in [2.05, 4.69) is 31.4 Å². The van der Waals surface area contributed by atoms with Gasteiger partial charge in [-0.2, -0.15) is 0 Å². The number of unbranched alkanes of at least 4 members (excludes halogenated alkanes) is 2. The molecule has 0 aromatic rings. The number of nitrogens with one attached hydrogen (secondary N) is 2. The maximum Gasteiger partial charge on any atom is 0.261 e. The minimum atomic E-state index is -0.362. The van der Waals surface area contributed by atoms with E-state index in [1.165, 1.54) is 0 Å². The van der Waals surface area contributed by atoms with E-state index >= 15 is 0 Å². The third kappa shape index (κ3) is 6.96. The maximum atomic E-state index is 12.9. The van der Waals surface area contributed by atoms with Crippen molar-refractivity contribution in [1.82, 2.24) is 10.6 Å². The molecule has 6 heteroatoms. The van der Waals surface area contributed by atoms with Crippen molar-refractivity contribution in [2.24, 2.45) is 5.92 Å². The Morgan fingerprint density at radius 3 is 2.75 bits per heavy atom. The van der Waals surface area contributed by atoms with Gasteiger partial charge in [0.05, 0.1) is 18.4 Å². The summed E-state index contributed by atoms with van der Waals surface area (Å²) in [6.45, 7) is 12.2. The molecule has 3 aliphatic rings. The number of ether oxygens (including phenoxy) is 2. The van der Waals surface area contributed by atoms with Gasteiger partial charge in [-0.05, 0) is 62.5 Å². The molecule has 0 bridgehead atoms. The number of hydrogen-bond acceptors (Lipinski definition) is 4. The molecule has 1 saturated heterocycles. The topological polar surface area (TPSA) is 76.7 Å².